The van der Waals surface area contributed by atoms with E-state index in [2.05, 4.69) is 47.6 Å². The fourth-order valence-corrected chi connectivity index (χ4v) is 7.88. The van der Waals surface area contributed by atoms with E-state index in [4.69, 9.17) is 0 Å². The molecule has 40 heavy (non-hydrogen) atoms. The molecule has 0 aliphatic heterocycles. The highest BCUT2D eigenvalue weighted by atomic mass is 16.3. The van der Waals surface area contributed by atoms with Crippen molar-refractivity contribution in [2.45, 2.75) is 122 Å². The molecule has 1 fully saturated rings. The number of hydrogen-bond acceptors (Lipinski definition) is 4. The number of aliphatic hydroxyl groups excluding tert-OH is 1. The summed E-state index contributed by atoms with van der Waals surface area (Å²) in [6.07, 6.45) is 9.03. The van der Waals surface area contributed by atoms with Gasteiger partial charge in [0, 0.05) is 16.9 Å². The van der Waals surface area contributed by atoms with E-state index in [1.807, 2.05) is 53.7 Å². The van der Waals surface area contributed by atoms with Crippen LogP contribution in [-0.4, -0.2) is 22.5 Å². The molecule has 224 valence electrons. The molecule has 0 saturated heterocycles. The normalized spacial score (nSPS) is 29.7. The number of Topliss-reactive ketones (excluding diaryl/α,β-unsaturated/α-hetero) is 3. The van der Waals surface area contributed by atoms with Gasteiger partial charge >= 0.3 is 0 Å². The van der Waals surface area contributed by atoms with Crippen LogP contribution in [0.4, 0.5) is 0 Å². The van der Waals surface area contributed by atoms with Crippen molar-refractivity contribution in [1.82, 2.24) is 0 Å². The Morgan fingerprint density at radius 3 is 1.93 bits per heavy atom. The van der Waals surface area contributed by atoms with Gasteiger partial charge in [-0.05, 0) is 91.4 Å². The molecular formula is C36H56O4. The zero-order chi connectivity index (χ0) is 30.8. The summed E-state index contributed by atoms with van der Waals surface area (Å²) in [5.74, 6) is -1.63. The molecule has 4 nitrogen and oxygen atoms in total. The van der Waals surface area contributed by atoms with Crippen molar-refractivity contribution in [1.29, 1.82) is 0 Å². The van der Waals surface area contributed by atoms with E-state index in [0.717, 1.165) is 23.1 Å². The predicted molar refractivity (Wildman–Crippen MR) is 166 cm³/mol. The summed E-state index contributed by atoms with van der Waals surface area (Å²) in [5.41, 5.74) is -0.551. The van der Waals surface area contributed by atoms with Crippen molar-refractivity contribution in [3.8, 4) is 0 Å². The average Bonchev–Trinajstić information content (AvgIpc) is 2.86. The molecule has 2 aliphatic rings. The Morgan fingerprint density at radius 1 is 0.925 bits per heavy atom. The standard InChI is InChI=1S/C36H56O4/c1-13-26(11)30(37)36-32(39)28(18-16-23(5)6)31(38)35(33(36)40,20-19-24(7)8)21-27(17-15-22(3)4)34(36,12)29(14-2)25(9)10/h15-16,19,25-27,29,38H,13-14,17-18,20-21H2,1-12H3/t26-,27?,29?,34?,35?,36?/m1/s1. The van der Waals surface area contributed by atoms with Gasteiger partial charge in [0.1, 0.15) is 5.76 Å². The molecule has 1 saturated carbocycles. The van der Waals surface area contributed by atoms with Gasteiger partial charge in [0.15, 0.2) is 22.8 Å². The first-order valence-corrected chi connectivity index (χ1v) is 15.5. The van der Waals surface area contributed by atoms with Crippen LogP contribution in [0, 0.1) is 39.9 Å². The lowest BCUT2D eigenvalue weighted by Crippen LogP contribution is -2.73. The highest BCUT2D eigenvalue weighted by molar-refractivity contribution is 6.33. The molecule has 0 spiro atoms. The molecule has 0 aromatic heterocycles. The summed E-state index contributed by atoms with van der Waals surface area (Å²) in [4.78, 5) is 45.2. The second kappa shape index (κ2) is 12.7. The lowest BCUT2D eigenvalue weighted by atomic mass is 9.35. The fourth-order valence-electron chi connectivity index (χ4n) is 7.88. The lowest BCUT2D eigenvalue weighted by Gasteiger charge is -2.64. The number of rotatable bonds is 12. The molecule has 0 radical (unpaired) electrons. The smallest absolute Gasteiger partial charge is 0.184 e. The Bertz CT molecular complexity index is 1120. The van der Waals surface area contributed by atoms with Crippen LogP contribution in [0.3, 0.4) is 0 Å². The Hall–Kier alpha value is -2.23. The maximum atomic E-state index is 15.3. The van der Waals surface area contributed by atoms with Gasteiger partial charge in [-0.15, -0.1) is 0 Å². The minimum Gasteiger partial charge on any atom is -0.511 e. The number of carbonyl (C=O) groups is 3. The van der Waals surface area contributed by atoms with Gasteiger partial charge in [0.25, 0.3) is 0 Å². The summed E-state index contributed by atoms with van der Waals surface area (Å²) >= 11 is 0. The van der Waals surface area contributed by atoms with Crippen molar-refractivity contribution in [3.05, 3.63) is 46.3 Å². The van der Waals surface area contributed by atoms with E-state index < -0.39 is 27.9 Å². The van der Waals surface area contributed by atoms with Gasteiger partial charge in [0.2, 0.25) is 0 Å². The van der Waals surface area contributed by atoms with E-state index >= 15 is 9.59 Å². The van der Waals surface area contributed by atoms with E-state index in [-0.39, 0.29) is 47.1 Å². The summed E-state index contributed by atoms with van der Waals surface area (Å²) in [5, 5.41) is 12.0. The van der Waals surface area contributed by atoms with Gasteiger partial charge in [-0.3, -0.25) is 14.4 Å². The van der Waals surface area contributed by atoms with Crippen LogP contribution in [0.1, 0.15) is 122 Å². The molecular weight excluding hydrogens is 496 g/mol. The van der Waals surface area contributed by atoms with Crippen LogP contribution < -0.4 is 0 Å². The van der Waals surface area contributed by atoms with E-state index in [0.29, 0.717) is 25.7 Å². The van der Waals surface area contributed by atoms with Gasteiger partial charge in [0.05, 0.1) is 5.41 Å². The topological polar surface area (TPSA) is 71.4 Å². The monoisotopic (exact) mass is 552 g/mol. The van der Waals surface area contributed by atoms with Gasteiger partial charge in [-0.1, -0.05) is 82.9 Å². The number of allylic oxidation sites excluding steroid dienone is 8. The maximum Gasteiger partial charge on any atom is 0.184 e. The number of hydrogen-bond donors (Lipinski definition) is 1. The minimum absolute atomic E-state index is 0.0321. The second-order valence-corrected chi connectivity index (χ2v) is 13.9. The van der Waals surface area contributed by atoms with Crippen molar-refractivity contribution in [3.63, 3.8) is 0 Å². The Balaban J connectivity index is 3.23. The maximum absolute atomic E-state index is 15.3. The first-order chi connectivity index (χ1) is 18.5. The molecule has 2 aliphatic carbocycles. The molecule has 0 aromatic carbocycles. The third-order valence-corrected chi connectivity index (χ3v) is 10.2. The van der Waals surface area contributed by atoms with Crippen LogP contribution in [0.5, 0.6) is 0 Å². The molecule has 5 unspecified atom stereocenters. The Morgan fingerprint density at radius 2 is 1.48 bits per heavy atom. The molecule has 2 rings (SSSR count). The Kier molecular flexibility index (Phi) is 10.8. The first-order valence-electron chi connectivity index (χ1n) is 15.5. The summed E-state index contributed by atoms with van der Waals surface area (Å²) in [7, 11) is 0. The van der Waals surface area contributed by atoms with Crippen LogP contribution >= 0.6 is 0 Å². The number of aliphatic hydroxyl groups is 1. The van der Waals surface area contributed by atoms with Gasteiger partial charge in [-0.25, -0.2) is 0 Å². The first kappa shape index (κ1) is 34.0. The zero-order valence-electron chi connectivity index (χ0n) is 27.5. The quantitative estimate of drug-likeness (QED) is 0.193. The SMILES string of the molecule is CCC(C(C)C)C1(C)C(CC=C(C)C)CC2(CC=C(C)C)C(=O)C1(C(=O)[C@H](C)CC)C(=O)C(CC=C(C)C)=C2O. The van der Waals surface area contributed by atoms with E-state index in [1.54, 1.807) is 0 Å². The zero-order valence-corrected chi connectivity index (χ0v) is 27.5. The van der Waals surface area contributed by atoms with Crippen LogP contribution in [0.15, 0.2) is 46.3 Å². The minimum atomic E-state index is -1.84. The molecule has 6 atom stereocenters. The number of carbonyl (C=O) groups excluding carboxylic acids is 3. The molecule has 1 N–H and O–H groups in total. The van der Waals surface area contributed by atoms with E-state index in [1.165, 1.54) is 0 Å². The van der Waals surface area contributed by atoms with Crippen LogP contribution in [-0.2, 0) is 14.4 Å². The van der Waals surface area contributed by atoms with Crippen molar-refractivity contribution in [2.75, 3.05) is 0 Å². The van der Waals surface area contributed by atoms with Gasteiger partial charge < -0.3 is 5.11 Å². The molecule has 2 bridgehead atoms. The Labute approximate surface area is 244 Å². The highest BCUT2D eigenvalue weighted by Gasteiger charge is 2.77. The molecule has 0 aromatic rings. The molecule has 0 heterocycles. The van der Waals surface area contributed by atoms with Crippen molar-refractivity contribution < 1.29 is 19.5 Å². The van der Waals surface area contributed by atoms with Crippen LogP contribution in [0.2, 0.25) is 0 Å². The largest absolute Gasteiger partial charge is 0.511 e. The molecule has 0 amide bonds. The van der Waals surface area contributed by atoms with Crippen LogP contribution in [0.25, 0.3) is 0 Å². The number of fused-ring (bicyclic) bond motifs is 2. The molecule has 4 heteroatoms. The lowest BCUT2D eigenvalue weighted by molar-refractivity contribution is -0.188. The summed E-state index contributed by atoms with van der Waals surface area (Å²) in [6.45, 7) is 24.3. The predicted octanol–water partition coefficient (Wildman–Crippen LogP) is 9.32. The van der Waals surface area contributed by atoms with Gasteiger partial charge in [-0.2, -0.15) is 0 Å². The number of ketones is 3. The van der Waals surface area contributed by atoms with E-state index in [9.17, 15) is 9.90 Å². The summed E-state index contributed by atoms with van der Waals surface area (Å²) < 4.78 is 0. The van der Waals surface area contributed by atoms with Crippen molar-refractivity contribution >= 4 is 17.3 Å². The average molecular weight is 553 g/mol. The highest BCUT2D eigenvalue weighted by Crippen LogP contribution is 2.69. The third kappa shape index (κ3) is 5.37. The summed E-state index contributed by atoms with van der Waals surface area (Å²) in [6, 6.07) is 0. The van der Waals surface area contributed by atoms with Crippen molar-refractivity contribution in [2.24, 2.45) is 39.9 Å². The third-order valence-electron chi connectivity index (χ3n) is 10.2. The second-order valence-electron chi connectivity index (χ2n) is 13.9. The fraction of sp³-hybridized carbons (Fsp3) is 0.694.